The first kappa shape index (κ1) is 25.3. The molecule has 194 valence electrons. The van der Waals surface area contributed by atoms with Gasteiger partial charge in [-0.3, -0.25) is 14.6 Å². The van der Waals surface area contributed by atoms with Gasteiger partial charge in [-0.2, -0.15) is 0 Å². The summed E-state index contributed by atoms with van der Waals surface area (Å²) in [4.78, 5) is 32.0. The van der Waals surface area contributed by atoms with Gasteiger partial charge in [-0.25, -0.2) is 22.0 Å². The molecule has 11 heteroatoms. The molecule has 0 atom stereocenters. The molecule has 0 unspecified atom stereocenters. The van der Waals surface area contributed by atoms with Gasteiger partial charge < -0.3 is 15.0 Å². The minimum absolute atomic E-state index is 0.139. The van der Waals surface area contributed by atoms with E-state index in [4.69, 9.17) is 4.74 Å². The Kier molecular flexibility index (Phi) is 6.77. The molecule has 38 heavy (non-hydrogen) atoms. The van der Waals surface area contributed by atoms with Gasteiger partial charge in [0.15, 0.2) is 34.9 Å². The van der Waals surface area contributed by atoms with Crippen molar-refractivity contribution in [3.63, 3.8) is 0 Å². The number of carbonyl (C=O) groups is 2. The molecule has 1 N–H and O–H groups in total. The van der Waals surface area contributed by atoms with Gasteiger partial charge >= 0.3 is 0 Å². The summed E-state index contributed by atoms with van der Waals surface area (Å²) >= 11 is 0. The minimum Gasteiger partial charge on any atom is -0.378 e. The highest BCUT2D eigenvalue weighted by molar-refractivity contribution is 6.12. The number of carbonyl (C=O) groups excluding carboxylic acids is 2. The first-order valence-electron chi connectivity index (χ1n) is 11.4. The van der Waals surface area contributed by atoms with Crippen LogP contribution in [0.25, 0.3) is 10.9 Å². The summed E-state index contributed by atoms with van der Waals surface area (Å²) < 4.78 is 76.3. The molecule has 1 aliphatic rings. The Labute approximate surface area is 212 Å². The van der Waals surface area contributed by atoms with E-state index in [2.05, 4.69) is 4.98 Å². The van der Waals surface area contributed by atoms with Crippen molar-refractivity contribution in [3.8, 4) is 0 Å². The van der Waals surface area contributed by atoms with Crippen LogP contribution in [0.4, 0.5) is 33.3 Å². The van der Waals surface area contributed by atoms with Crippen LogP contribution in [-0.2, 0) is 4.74 Å². The number of aromatic nitrogens is 1. The van der Waals surface area contributed by atoms with E-state index in [0.717, 1.165) is 11.8 Å². The lowest BCUT2D eigenvalue weighted by Gasteiger charge is -2.28. The van der Waals surface area contributed by atoms with Gasteiger partial charge in [0.05, 0.1) is 41.9 Å². The fraction of sp³-hybridized carbons (Fsp3) is 0.148. The maximum atomic E-state index is 15.3. The van der Waals surface area contributed by atoms with Gasteiger partial charge in [0.1, 0.15) is 0 Å². The summed E-state index contributed by atoms with van der Waals surface area (Å²) in [5.74, 6) is -9.68. The Bertz CT molecular complexity index is 1590. The van der Waals surface area contributed by atoms with Crippen LogP contribution in [0.1, 0.15) is 26.3 Å². The summed E-state index contributed by atoms with van der Waals surface area (Å²) in [7, 11) is 0. The third kappa shape index (κ3) is 4.80. The molecular weight excluding hydrogens is 509 g/mol. The van der Waals surface area contributed by atoms with Gasteiger partial charge in [0, 0.05) is 35.7 Å². The Hall–Kier alpha value is -4.38. The van der Waals surface area contributed by atoms with Crippen LogP contribution in [0.3, 0.4) is 0 Å². The minimum atomic E-state index is -1.74. The van der Waals surface area contributed by atoms with Crippen LogP contribution >= 0.6 is 0 Å². The normalized spacial score (nSPS) is 13.6. The third-order valence-electron chi connectivity index (χ3n) is 6.12. The topological polar surface area (TPSA) is 71.5 Å². The number of benzene rings is 3. The molecule has 3 aromatic carbocycles. The predicted octanol–water partition coefficient (Wildman–Crippen LogP) is 5.25. The second-order valence-corrected chi connectivity index (χ2v) is 8.52. The van der Waals surface area contributed by atoms with Crippen molar-refractivity contribution in [1.29, 1.82) is 0 Å². The summed E-state index contributed by atoms with van der Waals surface area (Å²) in [5.41, 5.74) is -1.31. The molecule has 5 rings (SSSR count). The van der Waals surface area contributed by atoms with Crippen LogP contribution in [-0.4, -0.2) is 43.0 Å². The number of fused-ring (bicyclic) bond motifs is 1. The number of morpholine rings is 1. The highest BCUT2D eigenvalue weighted by Crippen LogP contribution is 2.29. The Morgan fingerprint density at radius 1 is 0.816 bits per heavy atom. The number of amides is 1. The summed E-state index contributed by atoms with van der Waals surface area (Å²) in [6, 6.07) is 8.47. The van der Waals surface area contributed by atoms with Gasteiger partial charge in [0.2, 0.25) is 0 Å². The van der Waals surface area contributed by atoms with Crippen LogP contribution in [0, 0.1) is 29.1 Å². The highest BCUT2D eigenvalue weighted by Gasteiger charge is 2.27. The first-order chi connectivity index (χ1) is 18.2. The smallest absolute Gasteiger partial charge is 0.255 e. The van der Waals surface area contributed by atoms with Crippen molar-refractivity contribution >= 4 is 34.0 Å². The van der Waals surface area contributed by atoms with Gasteiger partial charge in [-0.15, -0.1) is 0 Å². The molecular formula is C27H18F5N3O3. The lowest BCUT2D eigenvalue weighted by Crippen LogP contribution is -2.36. The zero-order chi connectivity index (χ0) is 27.0. The van der Waals surface area contributed by atoms with Gasteiger partial charge in [-0.1, -0.05) is 0 Å². The molecule has 1 amide bonds. The molecule has 0 saturated carbocycles. The van der Waals surface area contributed by atoms with Crippen molar-refractivity contribution in [2.45, 2.75) is 0 Å². The number of pyridine rings is 1. The highest BCUT2D eigenvalue weighted by atomic mass is 19.2. The molecule has 0 spiro atoms. The Balaban J connectivity index is 1.48. The fourth-order valence-electron chi connectivity index (χ4n) is 4.13. The second-order valence-electron chi connectivity index (χ2n) is 8.52. The molecule has 0 bridgehead atoms. The SMILES string of the molecule is O=C(Nc1cc(F)c(F)c(C(=O)c2ccc3ncc(N4CCOCC4)cc3c2)c1F)c1ccc(F)c(F)c1. The van der Waals surface area contributed by atoms with Crippen molar-refractivity contribution < 1.29 is 36.3 Å². The van der Waals surface area contributed by atoms with Crippen LogP contribution in [0.5, 0.6) is 0 Å². The largest absolute Gasteiger partial charge is 0.378 e. The van der Waals surface area contributed by atoms with E-state index in [9.17, 15) is 27.2 Å². The number of hydrogen-bond donors (Lipinski definition) is 1. The van der Waals surface area contributed by atoms with E-state index in [1.165, 1.54) is 18.2 Å². The fourth-order valence-corrected chi connectivity index (χ4v) is 4.13. The number of halogens is 5. The predicted molar refractivity (Wildman–Crippen MR) is 129 cm³/mol. The second kappa shape index (κ2) is 10.2. The van der Waals surface area contributed by atoms with E-state index in [1.807, 2.05) is 10.2 Å². The standard InChI is InChI=1S/C27H18F5N3O3/c28-18-3-1-15(11-19(18)29)27(37)34-22-12-20(30)24(31)23(25(22)32)26(36)14-2-4-21-16(9-14)10-17(13-33-21)35-5-7-38-8-6-35/h1-4,9-13H,5-8H2,(H,34,37). The first-order valence-corrected chi connectivity index (χ1v) is 11.4. The van der Waals surface area contributed by atoms with E-state index >= 15 is 4.39 Å². The summed E-state index contributed by atoms with van der Waals surface area (Å²) in [6.07, 6.45) is 1.67. The lowest BCUT2D eigenvalue weighted by atomic mass is 9.99. The molecule has 0 aliphatic carbocycles. The van der Waals surface area contributed by atoms with Crippen molar-refractivity contribution in [3.05, 3.63) is 101 Å². The average molecular weight is 527 g/mol. The van der Waals surface area contributed by atoms with Crippen molar-refractivity contribution in [2.24, 2.45) is 0 Å². The molecule has 1 aliphatic heterocycles. The number of rotatable bonds is 5. The molecule has 1 aromatic heterocycles. The molecule has 6 nitrogen and oxygen atoms in total. The van der Waals surface area contributed by atoms with Crippen molar-refractivity contribution in [1.82, 2.24) is 4.98 Å². The Morgan fingerprint density at radius 3 is 2.29 bits per heavy atom. The van der Waals surface area contributed by atoms with E-state index in [-0.39, 0.29) is 5.56 Å². The lowest BCUT2D eigenvalue weighted by molar-refractivity contribution is 0.101. The number of anilines is 2. The zero-order valence-electron chi connectivity index (χ0n) is 19.5. The number of nitrogens with zero attached hydrogens (tertiary/aromatic N) is 2. The maximum Gasteiger partial charge on any atom is 0.255 e. The number of nitrogens with one attached hydrogen (secondary N) is 1. The number of hydrogen-bond acceptors (Lipinski definition) is 5. The quantitative estimate of drug-likeness (QED) is 0.218. The molecule has 4 aromatic rings. The van der Waals surface area contributed by atoms with E-state index < -0.39 is 57.6 Å². The van der Waals surface area contributed by atoms with E-state index in [0.29, 0.717) is 55.4 Å². The van der Waals surface area contributed by atoms with Gasteiger partial charge in [-0.05, 0) is 42.5 Å². The summed E-state index contributed by atoms with van der Waals surface area (Å²) in [6.45, 7) is 2.38. The van der Waals surface area contributed by atoms with Crippen LogP contribution < -0.4 is 10.2 Å². The Morgan fingerprint density at radius 2 is 1.55 bits per heavy atom. The molecule has 1 saturated heterocycles. The molecule has 2 heterocycles. The monoisotopic (exact) mass is 527 g/mol. The maximum absolute atomic E-state index is 15.3. The average Bonchev–Trinajstić information content (AvgIpc) is 2.93. The van der Waals surface area contributed by atoms with Crippen LogP contribution in [0.15, 0.2) is 54.7 Å². The third-order valence-corrected chi connectivity index (χ3v) is 6.12. The summed E-state index contributed by atoms with van der Waals surface area (Å²) in [5, 5.41) is 2.49. The van der Waals surface area contributed by atoms with Crippen molar-refractivity contribution in [2.75, 3.05) is 36.5 Å². The number of ketones is 1. The van der Waals surface area contributed by atoms with E-state index in [1.54, 1.807) is 12.3 Å². The molecule has 1 fully saturated rings. The zero-order valence-corrected chi connectivity index (χ0v) is 19.5. The van der Waals surface area contributed by atoms with Gasteiger partial charge in [0.25, 0.3) is 5.91 Å². The molecule has 0 radical (unpaired) electrons. The van der Waals surface area contributed by atoms with Crippen LogP contribution in [0.2, 0.25) is 0 Å². The number of ether oxygens (including phenoxy) is 1.